The third-order valence-electron chi connectivity index (χ3n) is 3.50. The van der Waals surface area contributed by atoms with Crippen molar-refractivity contribution in [3.63, 3.8) is 0 Å². The van der Waals surface area contributed by atoms with Gasteiger partial charge >= 0.3 is 0 Å². The number of nitrogens with one attached hydrogen (secondary N) is 2. The average Bonchev–Trinajstić information content (AvgIpc) is 2.92. The van der Waals surface area contributed by atoms with Crippen LogP contribution in [0.25, 0.3) is 10.2 Å². The summed E-state index contributed by atoms with van der Waals surface area (Å²) in [5.41, 5.74) is 9.79. The van der Waals surface area contributed by atoms with Crippen molar-refractivity contribution in [1.29, 1.82) is 0 Å². The number of hydrogen-bond donors (Lipinski definition) is 2. The van der Waals surface area contributed by atoms with Crippen molar-refractivity contribution in [1.82, 2.24) is 10.4 Å². The fraction of sp³-hybridized carbons (Fsp3) is 0.235. The van der Waals surface area contributed by atoms with E-state index in [-0.39, 0.29) is 0 Å². The zero-order valence-electron chi connectivity index (χ0n) is 12.6. The normalized spacial score (nSPS) is 11.3. The van der Waals surface area contributed by atoms with Crippen molar-refractivity contribution in [3.05, 3.63) is 58.6 Å². The van der Waals surface area contributed by atoms with Gasteiger partial charge in [-0.25, -0.2) is 10.4 Å². The summed E-state index contributed by atoms with van der Waals surface area (Å²) in [7, 11) is 0. The second kappa shape index (κ2) is 6.65. The molecule has 0 aliphatic heterocycles. The molecule has 0 spiro atoms. The fourth-order valence-electron chi connectivity index (χ4n) is 2.21. The summed E-state index contributed by atoms with van der Waals surface area (Å²) in [5.74, 6) is 0.563. The Hall–Kier alpha value is -1.62. The molecule has 0 saturated carbocycles. The van der Waals surface area contributed by atoms with Crippen LogP contribution in [0.1, 0.15) is 30.9 Å². The second-order valence-corrected chi connectivity index (χ2v) is 6.92. The van der Waals surface area contributed by atoms with Crippen LogP contribution in [-0.2, 0) is 6.54 Å². The average molecular weight is 332 g/mol. The number of nitrogens with zero attached hydrogens (tertiary/aromatic N) is 1. The first kappa shape index (κ1) is 15.3. The van der Waals surface area contributed by atoms with E-state index in [2.05, 4.69) is 53.9 Å². The minimum atomic E-state index is 0.563. The molecule has 0 bridgehead atoms. The van der Waals surface area contributed by atoms with E-state index < -0.39 is 0 Å². The molecule has 0 radical (unpaired) electrons. The summed E-state index contributed by atoms with van der Waals surface area (Å²) in [5, 5.41) is 1.51. The zero-order chi connectivity index (χ0) is 15.5. The number of hydrazine groups is 1. The molecule has 114 valence electrons. The van der Waals surface area contributed by atoms with E-state index in [1.807, 2.05) is 18.2 Å². The maximum absolute atomic E-state index is 6.14. The molecule has 3 nitrogen and oxygen atoms in total. The highest BCUT2D eigenvalue weighted by Crippen LogP contribution is 2.30. The van der Waals surface area contributed by atoms with Crippen LogP contribution in [0.4, 0.5) is 5.13 Å². The zero-order valence-corrected chi connectivity index (χ0v) is 14.1. The van der Waals surface area contributed by atoms with Crippen LogP contribution in [0.2, 0.25) is 5.02 Å². The van der Waals surface area contributed by atoms with Crippen LogP contribution in [-0.4, -0.2) is 4.98 Å². The molecular weight excluding hydrogens is 314 g/mol. The molecule has 0 aliphatic rings. The molecule has 0 fully saturated rings. The Morgan fingerprint density at radius 2 is 1.91 bits per heavy atom. The standard InChI is InChI=1S/C17H18ClN3S/c1-11(2)13-8-6-12(7-9-13)10-19-21-17-20-16-14(18)4-3-5-15(16)22-17/h3-9,11,19H,10H2,1-2H3,(H,20,21). The summed E-state index contributed by atoms with van der Waals surface area (Å²) in [6.07, 6.45) is 0. The molecule has 2 N–H and O–H groups in total. The molecule has 3 aromatic rings. The minimum absolute atomic E-state index is 0.563. The number of hydrogen-bond acceptors (Lipinski definition) is 4. The number of anilines is 1. The Labute approximate surface area is 139 Å². The van der Waals surface area contributed by atoms with E-state index in [9.17, 15) is 0 Å². The van der Waals surface area contributed by atoms with E-state index in [0.29, 0.717) is 10.9 Å². The first-order chi connectivity index (χ1) is 10.6. The van der Waals surface area contributed by atoms with Crippen molar-refractivity contribution >= 4 is 38.3 Å². The lowest BCUT2D eigenvalue weighted by Crippen LogP contribution is -2.20. The van der Waals surface area contributed by atoms with Gasteiger partial charge in [-0.15, -0.1) is 0 Å². The lowest BCUT2D eigenvalue weighted by molar-refractivity contribution is 0.796. The summed E-state index contributed by atoms with van der Waals surface area (Å²) in [4.78, 5) is 4.49. The van der Waals surface area contributed by atoms with Crippen molar-refractivity contribution in [2.75, 3.05) is 5.43 Å². The predicted octanol–water partition coefficient (Wildman–Crippen LogP) is 5.19. The Morgan fingerprint density at radius 1 is 1.14 bits per heavy atom. The van der Waals surface area contributed by atoms with Crippen LogP contribution < -0.4 is 10.9 Å². The number of para-hydroxylation sites is 1. The second-order valence-electron chi connectivity index (χ2n) is 5.48. The van der Waals surface area contributed by atoms with Crippen molar-refractivity contribution in [2.24, 2.45) is 0 Å². The topological polar surface area (TPSA) is 37.0 Å². The number of aromatic nitrogens is 1. The number of fused-ring (bicyclic) bond motifs is 1. The molecular formula is C17H18ClN3S. The molecule has 3 rings (SSSR count). The summed E-state index contributed by atoms with van der Waals surface area (Å²) in [6.45, 7) is 5.14. The fourth-order valence-corrected chi connectivity index (χ4v) is 3.35. The lowest BCUT2D eigenvalue weighted by atomic mass is 10.0. The molecule has 2 aromatic carbocycles. The number of thiazole rings is 1. The molecule has 0 unspecified atom stereocenters. The van der Waals surface area contributed by atoms with Crippen molar-refractivity contribution in [3.8, 4) is 0 Å². The van der Waals surface area contributed by atoms with Gasteiger partial charge in [0.25, 0.3) is 0 Å². The van der Waals surface area contributed by atoms with Gasteiger partial charge in [-0.3, -0.25) is 5.43 Å². The van der Waals surface area contributed by atoms with Crippen LogP contribution in [0.3, 0.4) is 0 Å². The third kappa shape index (κ3) is 3.40. The van der Waals surface area contributed by atoms with Gasteiger partial charge in [0.2, 0.25) is 0 Å². The number of benzene rings is 2. The maximum Gasteiger partial charge on any atom is 0.198 e. The highest BCUT2D eigenvalue weighted by atomic mass is 35.5. The van der Waals surface area contributed by atoms with Gasteiger partial charge in [-0.2, -0.15) is 0 Å². The molecule has 1 heterocycles. The lowest BCUT2D eigenvalue weighted by Gasteiger charge is -2.08. The van der Waals surface area contributed by atoms with Gasteiger partial charge in [0.1, 0.15) is 5.52 Å². The molecule has 22 heavy (non-hydrogen) atoms. The SMILES string of the molecule is CC(C)c1ccc(CNNc2nc3c(Cl)cccc3s2)cc1. The van der Waals surface area contributed by atoms with Crippen LogP contribution >= 0.6 is 22.9 Å². The Balaban J connectivity index is 1.61. The smallest absolute Gasteiger partial charge is 0.198 e. The van der Waals surface area contributed by atoms with E-state index in [1.54, 1.807) is 11.3 Å². The van der Waals surface area contributed by atoms with Gasteiger partial charge in [-0.1, -0.05) is 67.1 Å². The minimum Gasteiger partial charge on any atom is -0.297 e. The molecule has 1 aromatic heterocycles. The summed E-state index contributed by atoms with van der Waals surface area (Å²) < 4.78 is 1.08. The van der Waals surface area contributed by atoms with Gasteiger partial charge in [0.05, 0.1) is 9.72 Å². The molecule has 0 aliphatic carbocycles. The Kier molecular flexibility index (Phi) is 4.62. The van der Waals surface area contributed by atoms with E-state index in [4.69, 9.17) is 11.6 Å². The maximum atomic E-state index is 6.14. The van der Waals surface area contributed by atoms with E-state index in [0.717, 1.165) is 21.9 Å². The monoisotopic (exact) mass is 331 g/mol. The third-order valence-corrected chi connectivity index (χ3v) is 4.75. The van der Waals surface area contributed by atoms with Gasteiger partial charge in [0, 0.05) is 6.54 Å². The summed E-state index contributed by atoms with van der Waals surface area (Å²) >= 11 is 7.72. The molecule has 0 amide bonds. The van der Waals surface area contributed by atoms with Crippen LogP contribution in [0.15, 0.2) is 42.5 Å². The first-order valence-electron chi connectivity index (χ1n) is 7.26. The van der Waals surface area contributed by atoms with Crippen molar-refractivity contribution in [2.45, 2.75) is 26.3 Å². The van der Waals surface area contributed by atoms with Gasteiger partial charge in [-0.05, 0) is 29.2 Å². The van der Waals surface area contributed by atoms with Gasteiger partial charge in [0.15, 0.2) is 5.13 Å². The Morgan fingerprint density at radius 3 is 2.59 bits per heavy atom. The van der Waals surface area contributed by atoms with E-state index >= 15 is 0 Å². The quantitative estimate of drug-likeness (QED) is 0.632. The van der Waals surface area contributed by atoms with E-state index in [1.165, 1.54) is 11.1 Å². The van der Waals surface area contributed by atoms with Crippen molar-refractivity contribution < 1.29 is 0 Å². The Bertz CT molecular complexity index is 765. The highest BCUT2D eigenvalue weighted by molar-refractivity contribution is 7.22. The molecule has 0 atom stereocenters. The first-order valence-corrected chi connectivity index (χ1v) is 8.45. The van der Waals surface area contributed by atoms with Gasteiger partial charge < -0.3 is 0 Å². The molecule has 5 heteroatoms. The largest absolute Gasteiger partial charge is 0.297 e. The molecule has 0 saturated heterocycles. The summed E-state index contributed by atoms with van der Waals surface area (Å²) in [6, 6.07) is 14.5. The predicted molar refractivity (Wildman–Crippen MR) is 95.6 cm³/mol. The highest BCUT2D eigenvalue weighted by Gasteiger charge is 2.06. The van der Waals surface area contributed by atoms with Crippen LogP contribution in [0, 0.1) is 0 Å². The number of rotatable bonds is 5. The van der Waals surface area contributed by atoms with Crippen LogP contribution in [0.5, 0.6) is 0 Å². The number of halogens is 1.